The van der Waals surface area contributed by atoms with Gasteiger partial charge in [0.1, 0.15) is 0 Å². The molecule has 1 aliphatic heterocycles. The van der Waals surface area contributed by atoms with E-state index in [0.29, 0.717) is 23.8 Å². The monoisotopic (exact) mass is 338 g/mol. The summed E-state index contributed by atoms with van der Waals surface area (Å²) in [6.45, 7) is 0.677. The van der Waals surface area contributed by atoms with E-state index in [2.05, 4.69) is 10.6 Å². The third kappa shape index (κ3) is 4.45. The molecule has 3 rings (SSSR count). The quantitative estimate of drug-likeness (QED) is 0.859. The van der Waals surface area contributed by atoms with Crippen molar-refractivity contribution in [3.8, 4) is 0 Å². The molecule has 2 amide bonds. The fraction of sp³-hybridized carbons (Fsp3) is 0.562. The molecule has 1 saturated heterocycles. The number of anilines is 1. The van der Waals surface area contributed by atoms with Crippen molar-refractivity contribution >= 4 is 21.6 Å². The molecule has 126 valence electrons. The molecule has 0 bridgehead atoms. The SMILES string of the molecule is CS(=O)(=O)Cc1ccccc1NC(=O)N[C@@H]1CCO[C@H]1C1CC1. The molecule has 2 N–H and O–H groups in total. The van der Waals surface area contributed by atoms with Gasteiger partial charge in [-0.05, 0) is 36.8 Å². The second-order valence-electron chi connectivity index (χ2n) is 6.39. The first-order valence-electron chi connectivity index (χ1n) is 7.87. The zero-order valence-electron chi connectivity index (χ0n) is 13.1. The number of carbonyl (C=O) groups is 1. The molecular weight excluding hydrogens is 316 g/mol. The first kappa shape index (κ1) is 16.3. The summed E-state index contributed by atoms with van der Waals surface area (Å²) in [4.78, 5) is 12.2. The predicted octanol–water partition coefficient (Wildman–Crippen LogP) is 1.92. The zero-order valence-corrected chi connectivity index (χ0v) is 13.9. The summed E-state index contributed by atoms with van der Waals surface area (Å²) in [7, 11) is -3.16. The number of sulfone groups is 1. The van der Waals surface area contributed by atoms with Crippen molar-refractivity contribution in [1.29, 1.82) is 0 Å². The van der Waals surface area contributed by atoms with Crippen LogP contribution in [0.25, 0.3) is 0 Å². The molecule has 0 spiro atoms. The second kappa shape index (κ2) is 6.49. The number of benzene rings is 1. The highest BCUT2D eigenvalue weighted by Gasteiger charge is 2.41. The molecule has 6 nitrogen and oxygen atoms in total. The Bertz CT molecular complexity index is 685. The lowest BCUT2D eigenvalue weighted by Gasteiger charge is -2.20. The Hall–Kier alpha value is -1.60. The van der Waals surface area contributed by atoms with Crippen molar-refractivity contribution in [1.82, 2.24) is 5.32 Å². The summed E-state index contributed by atoms with van der Waals surface area (Å²) < 4.78 is 28.7. The van der Waals surface area contributed by atoms with Crippen LogP contribution in [0, 0.1) is 5.92 Å². The largest absolute Gasteiger partial charge is 0.376 e. The van der Waals surface area contributed by atoms with Crippen LogP contribution < -0.4 is 10.6 Å². The fourth-order valence-corrected chi connectivity index (χ4v) is 3.85. The standard InChI is InChI=1S/C16H22N2O4S/c1-23(20,21)10-12-4-2-3-5-13(12)17-16(19)18-14-8-9-22-15(14)11-6-7-11/h2-5,11,14-15H,6-10H2,1H3,(H2,17,18,19)/t14-,15+/m1/s1. The minimum Gasteiger partial charge on any atom is -0.376 e. The first-order valence-corrected chi connectivity index (χ1v) is 9.93. The van der Waals surface area contributed by atoms with Gasteiger partial charge >= 0.3 is 6.03 Å². The van der Waals surface area contributed by atoms with Gasteiger partial charge in [0.25, 0.3) is 0 Å². The lowest BCUT2D eigenvalue weighted by atomic mass is 10.1. The van der Waals surface area contributed by atoms with Crippen LogP contribution in [0.5, 0.6) is 0 Å². The smallest absolute Gasteiger partial charge is 0.319 e. The number of rotatable bonds is 5. The third-order valence-corrected chi connectivity index (χ3v) is 5.06. The summed E-state index contributed by atoms with van der Waals surface area (Å²) in [5, 5.41) is 5.73. The lowest BCUT2D eigenvalue weighted by molar-refractivity contribution is 0.0829. The number of hydrogen-bond donors (Lipinski definition) is 2. The normalized spacial score (nSPS) is 24.4. The van der Waals surface area contributed by atoms with Gasteiger partial charge in [-0.25, -0.2) is 13.2 Å². The van der Waals surface area contributed by atoms with Gasteiger partial charge in [0.15, 0.2) is 9.84 Å². The van der Waals surface area contributed by atoms with Gasteiger partial charge in [0.05, 0.1) is 17.9 Å². The molecule has 0 aromatic heterocycles. The molecular formula is C16H22N2O4S. The van der Waals surface area contributed by atoms with E-state index < -0.39 is 9.84 Å². The molecule has 1 saturated carbocycles. The molecule has 0 unspecified atom stereocenters. The maximum Gasteiger partial charge on any atom is 0.319 e. The van der Waals surface area contributed by atoms with Gasteiger partial charge in [-0.2, -0.15) is 0 Å². The van der Waals surface area contributed by atoms with E-state index in [1.807, 2.05) is 0 Å². The van der Waals surface area contributed by atoms with Crippen LogP contribution in [-0.4, -0.2) is 39.5 Å². The molecule has 7 heteroatoms. The average molecular weight is 338 g/mol. The van der Waals surface area contributed by atoms with Crippen molar-refractivity contribution < 1.29 is 17.9 Å². The second-order valence-corrected chi connectivity index (χ2v) is 8.53. The summed E-state index contributed by atoms with van der Waals surface area (Å²) in [5.74, 6) is 0.473. The Morgan fingerprint density at radius 3 is 2.70 bits per heavy atom. The van der Waals surface area contributed by atoms with Gasteiger partial charge in [-0.3, -0.25) is 0 Å². The zero-order chi connectivity index (χ0) is 16.4. The Kier molecular flexibility index (Phi) is 4.59. The maximum absolute atomic E-state index is 12.2. The van der Waals surface area contributed by atoms with Crippen LogP contribution in [0.15, 0.2) is 24.3 Å². The molecule has 23 heavy (non-hydrogen) atoms. The summed E-state index contributed by atoms with van der Waals surface area (Å²) >= 11 is 0. The van der Waals surface area contributed by atoms with E-state index in [-0.39, 0.29) is 23.9 Å². The van der Waals surface area contributed by atoms with Crippen molar-refractivity contribution in [3.05, 3.63) is 29.8 Å². The van der Waals surface area contributed by atoms with Gasteiger partial charge in [0, 0.05) is 18.6 Å². The number of urea groups is 1. The average Bonchev–Trinajstić information content (AvgIpc) is 3.20. The molecule has 1 aromatic rings. The van der Waals surface area contributed by atoms with Gasteiger partial charge in [-0.1, -0.05) is 18.2 Å². The van der Waals surface area contributed by atoms with Gasteiger partial charge < -0.3 is 15.4 Å². The van der Waals surface area contributed by atoms with Crippen LogP contribution in [-0.2, 0) is 20.3 Å². The van der Waals surface area contributed by atoms with Crippen LogP contribution in [0.1, 0.15) is 24.8 Å². The number of carbonyl (C=O) groups excluding carboxylic acids is 1. The number of amides is 2. The van der Waals surface area contributed by atoms with Crippen LogP contribution in [0.2, 0.25) is 0 Å². The number of nitrogens with one attached hydrogen (secondary N) is 2. The van der Waals surface area contributed by atoms with Crippen molar-refractivity contribution in [3.63, 3.8) is 0 Å². The van der Waals surface area contributed by atoms with Crippen molar-refractivity contribution in [2.75, 3.05) is 18.2 Å². The highest BCUT2D eigenvalue weighted by Crippen LogP contribution is 2.38. The minimum atomic E-state index is -3.16. The highest BCUT2D eigenvalue weighted by atomic mass is 32.2. The Balaban J connectivity index is 1.63. The Morgan fingerprint density at radius 2 is 2.00 bits per heavy atom. The number of hydrogen-bond acceptors (Lipinski definition) is 4. The van der Waals surface area contributed by atoms with E-state index in [9.17, 15) is 13.2 Å². The molecule has 2 aliphatic rings. The number of ether oxygens (including phenoxy) is 1. The van der Waals surface area contributed by atoms with E-state index in [1.54, 1.807) is 24.3 Å². The first-order chi connectivity index (χ1) is 10.9. The highest BCUT2D eigenvalue weighted by molar-refractivity contribution is 7.89. The van der Waals surface area contributed by atoms with E-state index >= 15 is 0 Å². The summed E-state index contributed by atoms with van der Waals surface area (Å²) in [5.41, 5.74) is 1.11. The molecule has 2 fully saturated rings. The Labute approximate surface area is 136 Å². The number of para-hydroxylation sites is 1. The van der Waals surface area contributed by atoms with Crippen molar-refractivity contribution in [2.24, 2.45) is 5.92 Å². The van der Waals surface area contributed by atoms with Crippen LogP contribution in [0.3, 0.4) is 0 Å². The topological polar surface area (TPSA) is 84.5 Å². The molecule has 1 aliphatic carbocycles. The molecule has 2 atom stereocenters. The van der Waals surface area contributed by atoms with Gasteiger partial charge in [-0.15, -0.1) is 0 Å². The Morgan fingerprint density at radius 1 is 1.26 bits per heavy atom. The van der Waals surface area contributed by atoms with Crippen molar-refractivity contribution in [2.45, 2.75) is 37.2 Å². The third-order valence-electron chi connectivity index (χ3n) is 4.22. The molecule has 1 aromatic carbocycles. The van der Waals surface area contributed by atoms with Gasteiger partial charge in [0.2, 0.25) is 0 Å². The van der Waals surface area contributed by atoms with E-state index in [0.717, 1.165) is 6.42 Å². The van der Waals surface area contributed by atoms with E-state index in [4.69, 9.17) is 4.74 Å². The summed E-state index contributed by atoms with van der Waals surface area (Å²) in [6.07, 6.45) is 4.45. The molecule has 0 radical (unpaired) electrons. The maximum atomic E-state index is 12.2. The minimum absolute atomic E-state index is 0.0320. The lowest BCUT2D eigenvalue weighted by Crippen LogP contribution is -2.43. The van der Waals surface area contributed by atoms with E-state index in [1.165, 1.54) is 19.1 Å². The van der Waals surface area contributed by atoms with Crippen LogP contribution in [0.4, 0.5) is 10.5 Å². The fourth-order valence-electron chi connectivity index (χ4n) is 3.03. The summed E-state index contributed by atoms with van der Waals surface area (Å²) in [6, 6.07) is 6.67. The molecule has 1 heterocycles. The predicted molar refractivity (Wildman–Crippen MR) is 88.0 cm³/mol. The van der Waals surface area contributed by atoms with Crippen LogP contribution >= 0.6 is 0 Å².